The average Bonchev–Trinajstić information content (AvgIpc) is 2.60. The molecule has 0 aliphatic rings. The smallest absolute Gasteiger partial charge is 0.255 e. The molecule has 0 spiro atoms. The average molecular weight is 312 g/mol. The molecule has 0 saturated heterocycles. The van der Waals surface area contributed by atoms with Gasteiger partial charge in [0.05, 0.1) is 12.8 Å². The van der Waals surface area contributed by atoms with Gasteiger partial charge in [-0.2, -0.15) is 0 Å². The van der Waals surface area contributed by atoms with Crippen molar-refractivity contribution in [2.24, 2.45) is 0 Å². The SMILES string of the molecule is CCCNC(=O)c1cccc(C(=O)Nc2ccccc2OC)c1. The Hall–Kier alpha value is -2.82. The Bertz CT molecular complexity index is 698. The summed E-state index contributed by atoms with van der Waals surface area (Å²) in [5.74, 6) is 0.108. The van der Waals surface area contributed by atoms with Crippen LogP contribution in [0.25, 0.3) is 0 Å². The molecule has 23 heavy (non-hydrogen) atoms. The molecule has 0 atom stereocenters. The Morgan fingerprint density at radius 1 is 1.00 bits per heavy atom. The van der Waals surface area contributed by atoms with Gasteiger partial charge in [-0.15, -0.1) is 0 Å². The van der Waals surface area contributed by atoms with Crippen LogP contribution in [-0.4, -0.2) is 25.5 Å². The predicted octanol–water partition coefficient (Wildman–Crippen LogP) is 3.09. The number of nitrogens with one attached hydrogen (secondary N) is 2. The molecule has 0 heterocycles. The van der Waals surface area contributed by atoms with Gasteiger partial charge in [0.15, 0.2) is 0 Å². The number of ether oxygens (including phenoxy) is 1. The third-order valence-corrected chi connectivity index (χ3v) is 3.28. The van der Waals surface area contributed by atoms with Crippen molar-refractivity contribution < 1.29 is 14.3 Å². The summed E-state index contributed by atoms with van der Waals surface area (Å²) in [6, 6.07) is 13.8. The molecule has 5 nitrogen and oxygen atoms in total. The van der Waals surface area contributed by atoms with Crippen molar-refractivity contribution in [2.45, 2.75) is 13.3 Å². The Morgan fingerprint density at radius 2 is 1.70 bits per heavy atom. The standard InChI is InChI=1S/C18H20N2O3/c1-3-11-19-17(21)13-7-6-8-14(12-13)18(22)20-15-9-4-5-10-16(15)23-2/h4-10,12H,3,11H2,1-2H3,(H,19,21)(H,20,22). The second kappa shape index (κ2) is 7.98. The summed E-state index contributed by atoms with van der Waals surface area (Å²) >= 11 is 0. The molecule has 5 heteroatoms. The number of carbonyl (C=O) groups excluding carboxylic acids is 2. The number of hydrogen-bond acceptors (Lipinski definition) is 3. The first kappa shape index (κ1) is 16.5. The van der Waals surface area contributed by atoms with E-state index in [1.54, 1.807) is 43.5 Å². The van der Waals surface area contributed by atoms with E-state index in [-0.39, 0.29) is 11.8 Å². The van der Waals surface area contributed by atoms with Crippen LogP contribution in [0.5, 0.6) is 5.75 Å². The van der Waals surface area contributed by atoms with Crippen LogP contribution in [0.4, 0.5) is 5.69 Å². The van der Waals surface area contributed by atoms with Gasteiger partial charge in [-0.3, -0.25) is 9.59 Å². The van der Waals surface area contributed by atoms with E-state index in [4.69, 9.17) is 4.74 Å². The van der Waals surface area contributed by atoms with Gasteiger partial charge < -0.3 is 15.4 Å². The maximum Gasteiger partial charge on any atom is 0.255 e. The summed E-state index contributed by atoms with van der Waals surface area (Å²) in [7, 11) is 1.55. The van der Waals surface area contributed by atoms with Crippen molar-refractivity contribution >= 4 is 17.5 Å². The minimum atomic E-state index is -0.292. The molecule has 0 unspecified atom stereocenters. The molecular formula is C18H20N2O3. The fourth-order valence-corrected chi connectivity index (χ4v) is 2.08. The zero-order valence-electron chi connectivity index (χ0n) is 13.3. The van der Waals surface area contributed by atoms with Gasteiger partial charge in [-0.25, -0.2) is 0 Å². The number of methoxy groups -OCH3 is 1. The van der Waals surface area contributed by atoms with Gasteiger partial charge in [0, 0.05) is 17.7 Å². The molecule has 0 bridgehead atoms. The molecule has 2 aromatic rings. The van der Waals surface area contributed by atoms with E-state index in [2.05, 4.69) is 10.6 Å². The highest BCUT2D eigenvalue weighted by Crippen LogP contribution is 2.23. The van der Waals surface area contributed by atoms with Crippen molar-refractivity contribution in [3.05, 3.63) is 59.7 Å². The third kappa shape index (κ3) is 4.32. The molecule has 2 rings (SSSR count). The lowest BCUT2D eigenvalue weighted by Crippen LogP contribution is -2.24. The zero-order valence-corrected chi connectivity index (χ0v) is 13.3. The highest BCUT2D eigenvalue weighted by molar-refractivity contribution is 6.06. The summed E-state index contributed by atoms with van der Waals surface area (Å²) in [6.45, 7) is 2.59. The number of anilines is 1. The normalized spacial score (nSPS) is 10.0. The lowest BCUT2D eigenvalue weighted by molar-refractivity contribution is 0.0953. The molecule has 2 N–H and O–H groups in total. The maximum atomic E-state index is 12.4. The number of para-hydroxylation sites is 2. The quantitative estimate of drug-likeness (QED) is 0.861. The van der Waals surface area contributed by atoms with E-state index in [1.165, 1.54) is 0 Å². The van der Waals surface area contributed by atoms with Crippen LogP contribution in [0.1, 0.15) is 34.1 Å². The van der Waals surface area contributed by atoms with E-state index in [0.29, 0.717) is 29.1 Å². The summed E-state index contributed by atoms with van der Waals surface area (Å²) in [5, 5.41) is 5.58. The molecule has 0 aliphatic carbocycles. The molecule has 2 aromatic carbocycles. The first-order valence-electron chi connectivity index (χ1n) is 7.48. The monoisotopic (exact) mass is 312 g/mol. The lowest BCUT2D eigenvalue weighted by Gasteiger charge is -2.10. The number of hydrogen-bond donors (Lipinski definition) is 2. The minimum Gasteiger partial charge on any atom is -0.495 e. The van der Waals surface area contributed by atoms with Gasteiger partial charge in [0.25, 0.3) is 11.8 Å². The largest absolute Gasteiger partial charge is 0.495 e. The highest BCUT2D eigenvalue weighted by Gasteiger charge is 2.12. The number of amides is 2. The Labute approximate surface area is 135 Å². The van der Waals surface area contributed by atoms with E-state index in [1.807, 2.05) is 19.1 Å². The fraction of sp³-hybridized carbons (Fsp3) is 0.222. The summed E-state index contributed by atoms with van der Waals surface area (Å²) in [6.07, 6.45) is 0.861. The summed E-state index contributed by atoms with van der Waals surface area (Å²) in [4.78, 5) is 24.3. The molecule has 2 amide bonds. The van der Waals surface area contributed by atoms with E-state index < -0.39 is 0 Å². The molecule has 0 radical (unpaired) electrons. The summed E-state index contributed by atoms with van der Waals surface area (Å²) in [5.41, 5.74) is 1.46. The zero-order chi connectivity index (χ0) is 16.7. The van der Waals surface area contributed by atoms with Gasteiger partial charge in [-0.05, 0) is 36.8 Å². The van der Waals surface area contributed by atoms with Crippen molar-refractivity contribution in [3.8, 4) is 5.75 Å². The molecule has 0 aromatic heterocycles. The van der Waals surface area contributed by atoms with Crippen LogP contribution in [0.3, 0.4) is 0 Å². The molecule has 120 valence electrons. The summed E-state index contributed by atoms with van der Waals surface area (Å²) < 4.78 is 5.21. The minimum absolute atomic E-state index is 0.182. The van der Waals surface area contributed by atoms with Crippen molar-refractivity contribution in [3.63, 3.8) is 0 Å². The van der Waals surface area contributed by atoms with Crippen LogP contribution in [-0.2, 0) is 0 Å². The predicted molar refractivity (Wildman–Crippen MR) is 90.0 cm³/mol. The van der Waals surface area contributed by atoms with E-state index in [0.717, 1.165) is 6.42 Å². The van der Waals surface area contributed by atoms with Gasteiger partial charge in [-0.1, -0.05) is 25.1 Å². The first-order valence-corrected chi connectivity index (χ1v) is 7.48. The number of rotatable bonds is 6. The Balaban J connectivity index is 2.15. The number of carbonyl (C=O) groups is 2. The fourth-order valence-electron chi connectivity index (χ4n) is 2.08. The molecule has 0 aliphatic heterocycles. The molecule has 0 saturated carbocycles. The highest BCUT2D eigenvalue weighted by atomic mass is 16.5. The van der Waals surface area contributed by atoms with E-state index in [9.17, 15) is 9.59 Å². The van der Waals surface area contributed by atoms with Gasteiger partial charge in [0.1, 0.15) is 5.75 Å². The lowest BCUT2D eigenvalue weighted by atomic mass is 10.1. The van der Waals surface area contributed by atoms with Crippen LogP contribution in [0.15, 0.2) is 48.5 Å². The molecule has 0 fully saturated rings. The van der Waals surface area contributed by atoms with Gasteiger partial charge >= 0.3 is 0 Å². The third-order valence-electron chi connectivity index (χ3n) is 3.28. The number of benzene rings is 2. The topological polar surface area (TPSA) is 67.4 Å². The van der Waals surface area contributed by atoms with Crippen LogP contribution in [0.2, 0.25) is 0 Å². The van der Waals surface area contributed by atoms with Gasteiger partial charge in [0.2, 0.25) is 0 Å². The molecular weight excluding hydrogens is 292 g/mol. The second-order valence-corrected chi connectivity index (χ2v) is 4.99. The Morgan fingerprint density at radius 3 is 2.39 bits per heavy atom. The van der Waals surface area contributed by atoms with Crippen LogP contribution < -0.4 is 15.4 Å². The van der Waals surface area contributed by atoms with Crippen LogP contribution >= 0.6 is 0 Å². The van der Waals surface area contributed by atoms with Crippen molar-refractivity contribution in [1.29, 1.82) is 0 Å². The Kier molecular flexibility index (Phi) is 5.74. The van der Waals surface area contributed by atoms with Crippen LogP contribution in [0, 0.1) is 0 Å². The maximum absolute atomic E-state index is 12.4. The first-order chi connectivity index (χ1) is 11.2. The van der Waals surface area contributed by atoms with E-state index >= 15 is 0 Å². The van der Waals surface area contributed by atoms with Crippen molar-refractivity contribution in [1.82, 2.24) is 5.32 Å². The second-order valence-electron chi connectivity index (χ2n) is 4.99. The van der Waals surface area contributed by atoms with Crippen molar-refractivity contribution in [2.75, 3.05) is 19.0 Å².